The number of aryl methyl sites for hydroxylation is 3. The highest BCUT2D eigenvalue weighted by atomic mass is 35.5. The maximum absolute atomic E-state index is 6.03. The standard InChI is InChI=1S/C11H13ClN2/c1-4-10-9-6-8(12)5-7(2)11(9)14(3)13-10/h5-6H,4H2,1-3H3. The van der Waals surface area contributed by atoms with E-state index >= 15 is 0 Å². The molecule has 1 heterocycles. The minimum absolute atomic E-state index is 0.790. The summed E-state index contributed by atoms with van der Waals surface area (Å²) in [5, 5.41) is 6.44. The molecule has 0 saturated heterocycles. The van der Waals surface area contributed by atoms with Crippen LogP contribution in [0.5, 0.6) is 0 Å². The largest absolute Gasteiger partial charge is 0.267 e. The van der Waals surface area contributed by atoms with Crippen LogP contribution >= 0.6 is 11.6 Å². The number of nitrogens with zero attached hydrogens (tertiary/aromatic N) is 2. The van der Waals surface area contributed by atoms with Crippen molar-refractivity contribution in [2.45, 2.75) is 20.3 Å². The summed E-state index contributed by atoms with van der Waals surface area (Å²) in [7, 11) is 1.97. The Bertz CT molecular complexity index is 485. The van der Waals surface area contributed by atoms with Gasteiger partial charge in [-0.15, -0.1) is 0 Å². The predicted octanol–water partition coefficient (Wildman–Crippen LogP) is 3.10. The first-order chi connectivity index (χ1) is 6.63. The van der Waals surface area contributed by atoms with E-state index in [1.165, 1.54) is 16.5 Å². The molecule has 0 bridgehead atoms. The smallest absolute Gasteiger partial charge is 0.0712 e. The number of benzene rings is 1. The molecule has 0 fully saturated rings. The van der Waals surface area contributed by atoms with E-state index in [-0.39, 0.29) is 0 Å². The molecule has 0 spiro atoms. The van der Waals surface area contributed by atoms with Crippen molar-refractivity contribution in [3.05, 3.63) is 28.4 Å². The van der Waals surface area contributed by atoms with E-state index < -0.39 is 0 Å². The Morgan fingerprint density at radius 2 is 2.14 bits per heavy atom. The summed E-state index contributed by atoms with van der Waals surface area (Å²) >= 11 is 6.03. The third-order valence-corrected chi connectivity index (χ3v) is 2.72. The van der Waals surface area contributed by atoms with Crippen LogP contribution in [-0.2, 0) is 13.5 Å². The third kappa shape index (κ3) is 1.30. The van der Waals surface area contributed by atoms with Crippen molar-refractivity contribution in [3.8, 4) is 0 Å². The van der Waals surface area contributed by atoms with Crippen molar-refractivity contribution in [3.63, 3.8) is 0 Å². The highest BCUT2D eigenvalue weighted by Crippen LogP contribution is 2.25. The first-order valence-electron chi connectivity index (χ1n) is 4.75. The van der Waals surface area contributed by atoms with Gasteiger partial charge in [0.15, 0.2) is 0 Å². The molecular weight excluding hydrogens is 196 g/mol. The highest BCUT2D eigenvalue weighted by molar-refractivity contribution is 6.31. The van der Waals surface area contributed by atoms with Crippen molar-refractivity contribution in [2.75, 3.05) is 0 Å². The minimum Gasteiger partial charge on any atom is -0.267 e. The molecule has 2 aromatic rings. The van der Waals surface area contributed by atoms with Gasteiger partial charge < -0.3 is 0 Å². The number of halogens is 1. The van der Waals surface area contributed by atoms with Crippen LogP contribution in [0, 0.1) is 6.92 Å². The van der Waals surface area contributed by atoms with Gasteiger partial charge in [-0.2, -0.15) is 5.10 Å². The van der Waals surface area contributed by atoms with Crippen LogP contribution in [-0.4, -0.2) is 9.78 Å². The van der Waals surface area contributed by atoms with Crippen molar-refractivity contribution >= 4 is 22.5 Å². The Balaban J connectivity index is 2.89. The number of fused-ring (bicyclic) bond motifs is 1. The molecule has 2 rings (SSSR count). The number of hydrogen-bond donors (Lipinski definition) is 0. The molecule has 2 nitrogen and oxygen atoms in total. The Hall–Kier alpha value is -1.02. The second kappa shape index (κ2) is 3.28. The van der Waals surface area contributed by atoms with Gasteiger partial charge in [-0.3, -0.25) is 4.68 Å². The quantitative estimate of drug-likeness (QED) is 0.704. The molecular formula is C11H13ClN2. The lowest BCUT2D eigenvalue weighted by molar-refractivity contribution is 0.768. The maximum atomic E-state index is 6.03. The fourth-order valence-electron chi connectivity index (χ4n) is 1.93. The van der Waals surface area contributed by atoms with E-state index in [1.54, 1.807) is 0 Å². The van der Waals surface area contributed by atoms with E-state index in [0.29, 0.717) is 0 Å². The molecule has 1 aromatic heterocycles. The van der Waals surface area contributed by atoms with Gasteiger partial charge in [-0.05, 0) is 31.0 Å². The monoisotopic (exact) mass is 208 g/mol. The van der Waals surface area contributed by atoms with Crippen LogP contribution in [0.25, 0.3) is 10.9 Å². The topological polar surface area (TPSA) is 17.8 Å². The van der Waals surface area contributed by atoms with E-state index in [0.717, 1.165) is 17.1 Å². The summed E-state index contributed by atoms with van der Waals surface area (Å²) in [5.41, 5.74) is 3.49. The number of aromatic nitrogens is 2. The van der Waals surface area contributed by atoms with E-state index in [9.17, 15) is 0 Å². The second-order valence-corrected chi connectivity index (χ2v) is 3.98. The van der Waals surface area contributed by atoms with Gasteiger partial charge in [0.25, 0.3) is 0 Å². The average molecular weight is 209 g/mol. The second-order valence-electron chi connectivity index (χ2n) is 3.54. The maximum Gasteiger partial charge on any atom is 0.0712 e. The Morgan fingerprint density at radius 1 is 1.43 bits per heavy atom. The lowest BCUT2D eigenvalue weighted by atomic mass is 10.1. The molecule has 0 aliphatic rings. The van der Waals surface area contributed by atoms with Crippen LogP contribution < -0.4 is 0 Å². The molecule has 3 heteroatoms. The molecule has 0 radical (unpaired) electrons. The predicted molar refractivity (Wildman–Crippen MR) is 59.8 cm³/mol. The Morgan fingerprint density at radius 3 is 2.79 bits per heavy atom. The van der Waals surface area contributed by atoms with Gasteiger partial charge in [-0.1, -0.05) is 18.5 Å². The number of hydrogen-bond acceptors (Lipinski definition) is 1. The van der Waals surface area contributed by atoms with Crippen LogP contribution in [0.15, 0.2) is 12.1 Å². The fourth-order valence-corrected chi connectivity index (χ4v) is 2.20. The van der Waals surface area contributed by atoms with Crippen LogP contribution in [0.4, 0.5) is 0 Å². The van der Waals surface area contributed by atoms with Crippen molar-refractivity contribution in [1.82, 2.24) is 9.78 Å². The Kier molecular flexibility index (Phi) is 2.23. The number of rotatable bonds is 1. The van der Waals surface area contributed by atoms with Gasteiger partial charge in [0.2, 0.25) is 0 Å². The summed E-state index contributed by atoms with van der Waals surface area (Å²) in [6, 6.07) is 3.97. The highest BCUT2D eigenvalue weighted by Gasteiger charge is 2.09. The molecule has 0 atom stereocenters. The molecule has 1 aromatic carbocycles. The molecule has 0 amide bonds. The molecule has 0 saturated carbocycles. The van der Waals surface area contributed by atoms with Crippen LogP contribution in [0.2, 0.25) is 5.02 Å². The van der Waals surface area contributed by atoms with Crippen molar-refractivity contribution in [1.29, 1.82) is 0 Å². The minimum atomic E-state index is 0.790. The molecule has 0 N–H and O–H groups in total. The lowest BCUT2D eigenvalue weighted by Gasteiger charge is -2.00. The first kappa shape index (κ1) is 9.53. The van der Waals surface area contributed by atoms with Gasteiger partial charge in [0.1, 0.15) is 0 Å². The van der Waals surface area contributed by atoms with Gasteiger partial charge in [-0.25, -0.2) is 0 Å². The third-order valence-electron chi connectivity index (χ3n) is 2.51. The SMILES string of the molecule is CCc1nn(C)c2c(C)cc(Cl)cc12. The normalized spacial score (nSPS) is 11.1. The summed E-state index contributed by atoms with van der Waals surface area (Å²) in [5.74, 6) is 0. The van der Waals surface area contributed by atoms with E-state index in [1.807, 2.05) is 23.9 Å². The summed E-state index contributed by atoms with van der Waals surface area (Å²) < 4.78 is 1.93. The van der Waals surface area contributed by atoms with Crippen molar-refractivity contribution in [2.24, 2.45) is 7.05 Å². The Labute approximate surface area is 88.5 Å². The molecule has 0 aliphatic carbocycles. The zero-order valence-corrected chi connectivity index (χ0v) is 9.39. The average Bonchev–Trinajstić information content (AvgIpc) is 2.42. The van der Waals surface area contributed by atoms with E-state index in [4.69, 9.17) is 11.6 Å². The molecule has 0 aliphatic heterocycles. The van der Waals surface area contributed by atoms with Gasteiger partial charge in [0.05, 0.1) is 11.2 Å². The summed E-state index contributed by atoms with van der Waals surface area (Å²) in [6.07, 6.45) is 0.942. The van der Waals surface area contributed by atoms with Crippen molar-refractivity contribution < 1.29 is 0 Å². The first-order valence-corrected chi connectivity index (χ1v) is 5.13. The zero-order valence-electron chi connectivity index (χ0n) is 8.63. The van der Waals surface area contributed by atoms with Crippen LogP contribution in [0.3, 0.4) is 0 Å². The van der Waals surface area contributed by atoms with Gasteiger partial charge >= 0.3 is 0 Å². The van der Waals surface area contributed by atoms with E-state index in [2.05, 4.69) is 18.9 Å². The molecule has 74 valence electrons. The summed E-state index contributed by atoms with van der Waals surface area (Å²) in [6.45, 7) is 4.17. The van der Waals surface area contributed by atoms with Gasteiger partial charge in [0, 0.05) is 17.5 Å². The summed E-state index contributed by atoms with van der Waals surface area (Å²) in [4.78, 5) is 0. The zero-order chi connectivity index (χ0) is 10.3. The molecule has 0 unspecified atom stereocenters. The van der Waals surface area contributed by atoms with Crippen LogP contribution in [0.1, 0.15) is 18.2 Å². The molecule has 14 heavy (non-hydrogen) atoms. The lowest BCUT2D eigenvalue weighted by Crippen LogP contribution is -1.92. The fraction of sp³-hybridized carbons (Fsp3) is 0.364.